The molecule has 154 valence electrons. The fourth-order valence-corrected chi connectivity index (χ4v) is 3.60. The van der Waals surface area contributed by atoms with Gasteiger partial charge >= 0.3 is 0 Å². The van der Waals surface area contributed by atoms with Gasteiger partial charge in [-0.2, -0.15) is 10.2 Å². The minimum Gasteiger partial charge on any atom is -0.394 e. The number of carbonyl (C=O) groups excluding carboxylic acids is 1. The number of hydrogen-bond acceptors (Lipinski definition) is 9. The maximum absolute atomic E-state index is 12.3. The van der Waals surface area contributed by atoms with E-state index >= 15 is 0 Å². The predicted octanol–water partition coefficient (Wildman–Crippen LogP) is -1.83. The second-order valence-corrected chi connectivity index (χ2v) is 7.09. The van der Waals surface area contributed by atoms with E-state index in [-0.39, 0.29) is 17.4 Å². The minimum absolute atomic E-state index is 0.252. The molecule has 1 aliphatic rings. The Hall–Kier alpha value is -2.90. The van der Waals surface area contributed by atoms with Crippen LogP contribution in [0.4, 0.5) is 5.69 Å². The number of H-pyrrole nitrogens is 1. The van der Waals surface area contributed by atoms with Crippen molar-refractivity contribution in [2.24, 2.45) is 5.73 Å². The predicted molar refractivity (Wildman–Crippen MR) is 101 cm³/mol. The summed E-state index contributed by atoms with van der Waals surface area (Å²) < 4.78 is 6.87. The topological polar surface area (TPSA) is 189 Å². The van der Waals surface area contributed by atoms with Crippen LogP contribution in [0.15, 0.2) is 23.3 Å². The first-order chi connectivity index (χ1) is 13.8. The van der Waals surface area contributed by atoms with Crippen molar-refractivity contribution in [3.8, 4) is 0 Å². The van der Waals surface area contributed by atoms with Crippen molar-refractivity contribution in [2.45, 2.75) is 31.0 Å². The van der Waals surface area contributed by atoms with Gasteiger partial charge in [0.05, 0.1) is 30.4 Å². The molecule has 0 saturated carbocycles. The molecule has 12 nitrogen and oxygen atoms in total. The van der Waals surface area contributed by atoms with E-state index in [1.165, 1.54) is 30.1 Å². The third-order valence-corrected chi connectivity index (χ3v) is 5.09. The van der Waals surface area contributed by atoms with Crippen molar-refractivity contribution in [3.05, 3.63) is 28.8 Å². The Bertz CT molecular complexity index is 1150. The lowest BCUT2D eigenvalue weighted by Gasteiger charge is -2.27. The number of ether oxygens (including phenoxy) is 1. The molecular weight excluding hydrogens is 384 g/mol. The first-order valence-electron chi connectivity index (χ1n) is 8.83. The van der Waals surface area contributed by atoms with E-state index in [1.54, 1.807) is 0 Å². The Morgan fingerprint density at radius 1 is 1.48 bits per heavy atom. The molecule has 1 amide bonds. The number of amides is 1. The van der Waals surface area contributed by atoms with E-state index in [0.29, 0.717) is 16.5 Å². The number of anilines is 1. The van der Waals surface area contributed by atoms with E-state index in [9.17, 15) is 24.9 Å². The van der Waals surface area contributed by atoms with Gasteiger partial charge in [-0.3, -0.25) is 9.59 Å². The van der Waals surface area contributed by atoms with Crippen LogP contribution in [0, 0.1) is 0 Å². The van der Waals surface area contributed by atoms with Gasteiger partial charge in [-0.05, 0) is 13.0 Å². The van der Waals surface area contributed by atoms with Gasteiger partial charge in [-0.1, -0.05) is 0 Å². The molecule has 1 fully saturated rings. The van der Waals surface area contributed by atoms with Crippen LogP contribution in [0.2, 0.25) is 0 Å². The Morgan fingerprint density at radius 3 is 2.90 bits per heavy atom. The molecule has 3 aromatic rings. The lowest BCUT2D eigenvalue weighted by atomic mass is 9.97. The zero-order chi connectivity index (χ0) is 20.9. The third kappa shape index (κ3) is 2.97. The van der Waals surface area contributed by atoms with E-state index in [1.807, 2.05) is 0 Å². The molecule has 4 rings (SSSR count). The normalized spacial score (nSPS) is 27.0. The summed E-state index contributed by atoms with van der Waals surface area (Å²) >= 11 is 0. The first-order valence-corrected chi connectivity index (χ1v) is 8.83. The minimum atomic E-state index is -1.77. The summed E-state index contributed by atoms with van der Waals surface area (Å²) in [6.45, 7) is 0.613. The molecule has 0 spiro atoms. The highest BCUT2D eigenvalue weighted by Gasteiger charge is 2.53. The van der Waals surface area contributed by atoms with Crippen molar-refractivity contribution < 1.29 is 24.9 Å². The molecule has 7 N–H and O–H groups in total. The van der Waals surface area contributed by atoms with E-state index in [0.717, 1.165) is 0 Å². The van der Waals surface area contributed by atoms with Crippen LogP contribution in [0.1, 0.15) is 13.2 Å². The maximum Gasteiger partial charge on any atom is 0.272 e. The van der Waals surface area contributed by atoms with Crippen LogP contribution in [0.3, 0.4) is 0 Å². The number of aliphatic hydroxyl groups excluding tert-OH is 2. The van der Waals surface area contributed by atoms with Crippen molar-refractivity contribution in [1.82, 2.24) is 20.0 Å². The van der Waals surface area contributed by atoms with Crippen molar-refractivity contribution >= 4 is 33.3 Å². The number of aromatic nitrogens is 4. The molecule has 0 aliphatic carbocycles. The summed E-state index contributed by atoms with van der Waals surface area (Å²) in [5, 5.41) is 44.7. The molecule has 2 aromatic heterocycles. The van der Waals surface area contributed by atoms with Crippen molar-refractivity contribution in [3.63, 3.8) is 0 Å². The van der Waals surface area contributed by atoms with Crippen LogP contribution in [0.5, 0.6) is 0 Å². The van der Waals surface area contributed by atoms with Gasteiger partial charge in [0.15, 0.2) is 6.23 Å². The molecule has 3 heterocycles. The Morgan fingerprint density at radius 2 is 2.24 bits per heavy atom. The molecule has 1 aliphatic heterocycles. The molecule has 4 atom stereocenters. The molecule has 0 radical (unpaired) electrons. The van der Waals surface area contributed by atoms with Gasteiger partial charge in [0.25, 0.3) is 5.56 Å². The van der Waals surface area contributed by atoms with E-state index in [2.05, 4.69) is 20.6 Å². The van der Waals surface area contributed by atoms with Crippen LogP contribution in [-0.4, -0.2) is 72.2 Å². The molecule has 4 unspecified atom stereocenters. The van der Waals surface area contributed by atoms with Gasteiger partial charge in [0, 0.05) is 17.0 Å². The van der Waals surface area contributed by atoms with Gasteiger partial charge in [-0.15, -0.1) is 0 Å². The Kier molecular flexibility index (Phi) is 4.59. The number of nitrogens with zero attached hydrogens (tertiary/aromatic N) is 3. The summed E-state index contributed by atoms with van der Waals surface area (Å²) in [5.74, 6) is -0.459. The molecular formula is C17H20N6O6. The highest BCUT2D eigenvalue weighted by Crippen LogP contribution is 2.39. The summed E-state index contributed by atoms with van der Waals surface area (Å²) in [6, 6.07) is 1.48. The van der Waals surface area contributed by atoms with Crippen molar-refractivity contribution in [2.75, 3.05) is 18.5 Å². The fraction of sp³-hybridized carbons (Fsp3) is 0.412. The number of rotatable bonds is 4. The summed E-state index contributed by atoms with van der Waals surface area (Å²) in [4.78, 5) is 24.1. The SMILES string of the molecule is CC1(O)C(O)C(CO)OC1n1cc2c(NC(=O)CN)cc3c(=O)[nH]ncc(n1)c23. The lowest BCUT2D eigenvalue weighted by molar-refractivity contribution is -0.114. The second kappa shape index (κ2) is 6.86. The van der Waals surface area contributed by atoms with Crippen LogP contribution < -0.4 is 16.6 Å². The highest BCUT2D eigenvalue weighted by atomic mass is 16.6. The summed E-state index contributed by atoms with van der Waals surface area (Å²) in [5.41, 5.74) is 3.74. The monoisotopic (exact) mass is 404 g/mol. The maximum atomic E-state index is 12.3. The van der Waals surface area contributed by atoms with Crippen molar-refractivity contribution in [1.29, 1.82) is 0 Å². The molecule has 12 heteroatoms. The zero-order valence-corrected chi connectivity index (χ0v) is 15.4. The van der Waals surface area contributed by atoms with Crippen LogP contribution in [0.25, 0.3) is 21.7 Å². The van der Waals surface area contributed by atoms with E-state index < -0.39 is 42.1 Å². The second-order valence-electron chi connectivity index (χ2n) is 7.09. The average molecular weight is 404 g/mol. The average Bonchev–Trinajstić information content (AvgIpc) is 3.10. The third-order valence-electron chi connectivity index (χ3n) is 5.09. The molecule has 1 aromatic carbocycles. The van der Waals surface area contributed by atoms with Crippen LogP contribution in [-0.2, 0) is 9.53 Å². The van der Waals surface area contributed by atoms with Gasteiger partial charge in [0.1, 0.15) is 23.3 Å². The van der Waals surface area contributed by atoms with Crippen LogP contribution >= 0.6 is 0 Å². The number of carbonyl (C=O) groups is 1. The smallest absolute Gasteiger partial charge is 0.272 e. The summed E-state index contributed by atoms with van der Waals surface area (Å²) in [7, 11) is 0. The number of nitrogens with one attached hydrogen (secondary N) is 2. The summed E-state index contributed by atoms with van der Waals surface area (Å²) in [6.07, 6.45) is -0.711. The lowest BCUT2D eigenvalue weighted by Crippen LogP contribution is -2.44. The van der Waals surface area contributed by atoms with Gasteiger partial charge < -0.3 is 31.1 Å². The largest absolute Gasteiger partial charge is 0.394 e. The number of hydrogen-bond donors (Lipinski definition) is 6. The number of nitrogens with two attached hydrogens (primary N) is 1. The van der Waals surface area contributed by atoms with Gasteiger partial charge in [-0.25, -0.2) is 9.78 Å². The Labute approximate surface area is 162 Å². The first kappa shape index (κ1) is 19.4. The highest BCUT2D eigenvalue weighted by molar-refractivity contribution is 6.17. The molecule has 1 saturated heterocycles. The number of aromatic amines is 1. The van der Waals surface area contributed by atoms with Gasteiger partial charge in [0.2, 0.25) is 5.91 Å². The molecule has 0 bridgehead atoms. The standard InChI is InChI=1S/C17H20N6O6/c1-17(28)14(26)11(6-24)29-16(17)23-5-8-9(20-12(25)3-18)2-7-13(8)10(22-23)4-19-21-15(7)27/h2,4-5,11,14,16,24,26,28H,3,6,18H2,1H3,(H,20,25)(H,21,27). The van der Waals surface area contributed by atoms with E-state index in [4.69, 9.17) is 10.5 Å². The zero-order valence-electron chi connectivity index (χ0n) is 15.4. The quantitative estimate of drug-likeness (QED) is 0.290. The molecule has 29 heavy (non-hydrogen) atoms. The Balaban J connectivity index is 1.96. The fourth-order valence-electron chi connectivity index (χ4n) is 3.60. The number of aliphatic hydroxyl groups is 3.